The van der Waals surface area contributed by atoms with Crippen LogP contribution in [0.15, 0.2) is 44.7 Å². The molecular weight excluding hydrogens is 328 g/mol. The van der Waals surface area contributed by atoms with Gasteiger partial charge in [-0.2, -0.15) is 4.98 Å². The van der Waals surface area contributed by atoms with Crippen LogP contribution in [0.3, 0.4) is 0 Å². The monoisotopic (exact) mass is 336 g/mol. The van der Waals surface area contributed by atoms with Gasteiger partial charge in [-0.15, -0.1) is 11.3 Å². The predicted octanol–water partition coefficient (Wildman–Crippen LogP) is 4.24. The van der Waals surface area contributed by atoms with E-state index in [-0.39, 0.29) is 0 Å². The van der Waals surface area contributed by atoms with Crippen LogP contribution in [0.5, 0.6) is 5.75 Å². The summed E-state index contributed by atoms with van der Waals surface area (Å²) < 4.78 is 11.3. The van der Waals surface area contributed by atoms with Crippen molar-refractivity contribution in [2.24, 2.45) is 0 Å². The normalized spacial score (nSPS) is 10.6. The lowest BCUT2D eigenvalue weighted by Gasteiger charge is -2.03. The Morgan fingerprint density at radius 3 is 2.89 bits per heavy atom. The molecule has 1 aromatic carbocycles. The van der Waals surface area contributed by atoms with Gasteiger partial charge in [0.05, 0.1) is 16.5 Å². The summed E-state index contributed by atoms with van der Waals surface area (Å²) in [5.74, 6) is 1.87. The van der Waals surface area contributed by atoms with Crippen LogP contribution in [0, 0.1) is 0 Å². The number of hydrogen-bond donors (Lipinski definition) is 0. The van der Waals surface area contributed by atoms with Gasteiger partial charge in [0.1, 0.15) is 5.75 Å². The number of thiophene rings is 1. The van der Waals surface area contributed by atoms with Crippen molar-refractivity contribution >= 4 is 27.3 Å². The maximum atomic E-state index is 5.26. The zero-order chi connectivity index (χ0) is 13.2. The molecule has 0 spiro atoms. The van der Waals surface area contributed by atoms with Crippen molar-refractivity contribution in [3.8, 4) is 27.9 Å². The molecule has 0 aliphatic heterocycles. The molecule has 96 valence electrons. The first-order valence-electron chi connectivity index (χ1n) is 5.49. The van der Waals surface area contributed by atoms with Crippen LogP contribution in [-0.4, -0.2) is 17.3 Å². The largest absolute Gasteiger partial charge is 0.496 e. The van der Waals surface area contributed by atoms with Gasteiger partial charge in [0, 0.05) is 5.56 Å². The number of methoxy groups -OCH3 is 1. The molecule has 0 unspecified atom stereocenters. The lowest BCUT2D eigenvalue weighted by Crippen LogP contribution is -1.86. The molecule has 0 aliphatic carbocycles. The van der Waals surface area contributed by atoms with Gasteiger partial charge in [-0.25, -0.2) is 0 Å². The number of rotatable bonds is 3. The van der Waals surface area contributed by atoms with Gasteiger partial charge < -0.3 is 9.26 Å². The quantitative estimate of drug-likeness (QED) is 0.717. The molecule has 0 radical (unpaired) electrons. The number of ether oxygens (including phenoxy) is 1. The van der Waals surface area contributed by atoms with Gasteiger partial charge in [-0.05, 0) is 45.6 Å². The molecule has 3 aromatic rings. The third kappa shape index (κ3) is 2.41. The number of hydrogen-bond acceptors (Lipinski definition) is 5. The number of halogens is 1. The summed E-state index contributed by atoms with van der Waals surface area (Å²) in [7, 11) is 1.63. The summed E-state index contributed by atoms with van der Waals surface area (Å²) in [6.07, 6.45) is 0. The molecule has 0 N–H and O–H groups in total. The van der Waals surface area contributed by atoms with Crippen LogP contribution in [0.2, 0.25) is 0 Å². The Labute approximate surface area is 122 Å². The smallest absolute Gasteiger partial charge is 0.268 e. The van der Waals surface area contributed by atoms with E-state index in [1.54, 1.807) is 18.4 Å². The highest BCUT2D eigenvalue weighted by Gasteiger charge is 2.12. The molecule has 0 saturated carbocycles. The summed E-state index contributed by atoms with van der Waals surface area (Å²) in [6.45, 7) is 0. The van der Waals surface area contributed by atoms with Crippen molar-refractivity contribution in [3.63, 3.8) is 0 Å². The Hall–Kier alpha value is -1.66. The number of benzene rings is 1. The van der Waals surface area contributed by atoms with Gasteiger partial charge in [-0.1, -0.05) is 11.2 Å². The molecule has 6 heteroatoms. The highest BCUT2D eigenvalue weighted by Crippen LogP contribution is 2.31. The molecule has 2 heterocycles. The van der Waals surface area contributed by atoms with E-state index in [0.717, 1.165) is 20.7 Å². The molecule has 0 aliphatic rings. The molecular formula is C13H9BrN2O2S. The summed E-state index contributed by atoms with van der Waals surface area (Å²) >= 11 is 5.01. The molecule has 0 fully saturated rings. The third-order valence-electron chi connectivity index (χ3n) is 2.57. The topological polar surface area (TPSA) is 48.2 Å². The van der Waals surface area contributed by atoms with Crippen molar-refractivity contribution in [1.29, 1.82) is 0 Å². The Morgan fingerprint density at radius 2 is 2.21 bits per heavy atom. The van der Waals surface area contributed by atoms with Gasteiger partial charge in [-0.3, -0.25) is 0 Å². The molecule has 3 rings (SSSR count). The first kappa shape index (κ1) is 12.4. The first-order valence-corrected chi connectivity index (χ1v) is 7.16. The molecule has 0 bridgehead atoms. The van der Waals surface area contributed by atoms with Crippen LogP contribution in [0.25, 0.3) is 22.2 Å². The minimum Gasteiger partial charge on any atom is -0.496 e. The van der Waals surface area contributed by atoms with E-state index >= 15 is 0 Å². The Morgan fingerprint density at radius 1 is 1.32 bits per heavy atom. The van der Waals surface area contributed by atoms with E-state index < -0.39 is 0 Å². The maximum Gasteiger partial charge on any atom is 0.268 e. The second-order valence-electron chi connectivity index (χ2n) is 3.75. The third-order valence-corrected chi connectivity index (χ3v) is 4.05. The Bertz CT molecular complexity index is 694. The molecule has 0 amide bonds. The van der Waals surface area contributed by atoms with E-state index in [1.165, 1.54) is 0 Å². The SMILES string of the molecule is COc1ccc(-c2noc(-c3cccs3)n2)cc1Br. The Kier molecular flexibility index (Phi) is 3.35. The average molecular weight is 337 g/mol. The molecule has 19 heavy (non-hydrogen) atoms. The van der Waals surface area contributed by atoms with E-state index in [0.29, 0.717) is 11.7 Å². The lowest BCUT2D eigenvalue weighted by atomic mass is 10.2. The average Bonchev–Trinajstić information content (AvgIpc) is 3.09. The highest BCUT2D eigenvalue weighted by molar-refractivity contribution is 9.10. The van der Waals surface area contributed by atoms with Crippen molar-refractivity contribution in [2.75, 3.05) is 7.11 Å². The van der Waals surface area contributed by atoms with E-state index in [9.17, 15) is 0 Å². The molecule has 4 nitrogen and oxygen atoms in total. The van der Waals surface area contributed by atoms with Crippen molar-refractivity contribution < 1.29 is 9.26 Å². The van der Waals surface area contributed by atoms with E-state index in [1.807, 2.05) is 35.7 Å². The fraction of sp³-hybridized carbons (Fsp3) is 0.0769. The molecule has 2 aromatic heterocycles. The molecule has 0 atom stereocenters. The van der Waals surface area contributed by atoms with Crippen LogP contribution >= 0.6 is 27.3 Å². The van der Waals surface area contributed by atoms with Crippen LogP contribution in [0.1, 0.15) is 0 Å². The van der Waals surface area contributed by atoms with Gasteiger partial charge >= 0.3 is 0 Å². The highest BCUT2D eigenvalue weighted by atomic mass is 79.9. The second-order valence-corrected chi connectivity index (χ2v) is 5.55. The summed E-state index contributed by atoms with van der Waals surface area (Å²) in [6, 6.07) is 9.56. The lowest BCUT2D eigenvalue weighted by molar-refractivity contribution is 0.412. The van der Waals surface area contributed by atoms with Gasteiger partial charge in [0.2, 0.25) is 5.82 Å². The minimum absolute atomic E-state index is 0.539. The number of aromatic nitrogens is 2. The van der Waals surface area contributed by atoms with Crippen LogP contribution in [0.4, 0.5) is 0 Å². The van der Waals surface area contributed by atoms with Gasteiger partial charge in [0.25, 0.3) is 5.89 Å². The van der Waals surface area contributed by atoms with Crippen molar-refractivity contribution in [1.82, 2.24) is 10.1 Å². The minimum atomic E-state index is 0.539. The first-order chi connectivity index (χ1) is 9.28. The zero-order valence-corrected chi connectivity index (χ0v) is 12.4. The standard InChI is InChI=1S/C13H9BrN2O2S/c1-17-10-5-4-8(7-9(10)14)12-15-13(18-16-12)11-3-2-6-19-11/h2-7H,1H3. The Balaban J connectivity index is 1.97. The van der Waals surface area contributed by atoms with Crippen LogP contribution in [-0.2, 0) is 0 Å². The molecule has 0 saturated heterocycles. The van der Waals surface area contributed by atoms with E-state index in [4.69, 9.17) is 9.26 Å². The summed E-state index contributed by atoms with van der Waals surface area (Å²) in [5, 5.41) is 5.97. The van der Waals surface area contributed by atoms with Crippen LogP contribution < -0.4 is 4.74 Å². The predicted molar refractivity (Wildman–Crippen MR) is 77.3 cm³/mol. The number of nitrogens with zero attached hydrogens (tertiary/aromatic N) is 2. The fourth-order valence-corrected chi connectivity index (χ4v) is 2.83. The summed E-state index contributed by atoms with van der Waals surface area (Å²) in [4.78, 5) is 5.35. The van der Waals surface area contributed by atoms with Gasteiger partial charge in [0.15, 0.2) is 0 Å². The van der Waals surface area contributed by atoms with Crippen molar-refractivity contribution in [2.45, 2.75) is 0 Å². The maximum absolute atomic E-state index is 5.26. The van der Waals surface area contributed by atoms with Crippen molar-refractivity contribution in [3.05, 3.63) is 40.2 Å². The zero-order valence-electron chi connectivity index (χ0n) is 9.96. The second kappa shape index (κ2) is 5.14. The van der Waals surface area contributed by atoms with E-state index in [2.05, 4.69) is 26.1 Å². The summed E-state index contributed by atoms with van der Waals surface area (Å²) in [5.41, 5.74) is 0.874. The fourth-order valence-electron chi connectivity index (χ4n) is 1.65.